The Kier molecular flexibility index (Phi) is 7.79. The number of piperazine rings is 1. The summed E-state index contributed by atoms with van der Waals surface area (Å²) in [4.78, 5) is 25.5. The molecule has 0 bridgehead atoms. The number of benzene rings is 1. The Morgan fingerprint density at radius 3 is 2.49 bits per heavy atom. The molecule has 14 heteroatoms. The molecule has 0 radical (unpaired) electrons. The zero-order valence-electron chi connectivity index (χ0n) is 18.9. The quantitative estimate of drug-likeness (QED) is 0.641. The molecule has 2 fully saturated rings. The topological polar surface area (TPSA) is 107 Å². The number of amides is 1. The molecule has 35 heavy (non-hydrogen) atoms. The Bertz CT molecular complexity index is 1170. The number of carboxylic acids is 1. The van der Waals surface area contributed by atoms with Crippen LogP contribution in [0.4, 0.5) is 18.9 Å². The Morgan fingerprint density at radius 2 is 1.91 bits per heavy atom. The summed E-state index contributed by atoms with van der Waals surface area (Å²) >= 11 is 1.55. The van der Waals surface area contributed by atoms with E-state index in [-0.39, 0.29) is 22.9 Å². The predicted molar refractivity (Wildman–Crippen MR) is 122 cm³/mol. The van der Waals surface area contributed by atoms with Crippen molar-refractivity contribution in [3.8, 4) is 5.75 Å². The highest BCUT2D eigenvalue weighted by atomic mass is 32.2. The maximum Gasteiger partial charge on any atom is 0.490 e. The summed E-state index contributed by atoms with van der Waals surface area (Å²) in [5, 5.41) is 11.0. The van der Waals surface area contributed by atoms with Crippen molar-refractivity contribution in [2.75, 3.05) is 45.2 Å². The normalized spacial score (nSPS) is 21.6. The molecule has 0 saturated carbocycles. The first kappa shape index (κ1) is 26.9. The van der Waals surface area contributed by atoms with E-state index in [2.05, 4.69) is 0 Å². The van der Waals surface area contributed by atoms with Gasteiger partial charge >= 0.3 is 12.1 Å². The van der Waals surface area contributed by atoms with Gasteiger partial charge in [-0.1, -0.05) is 6.07 Å². The summed E-state index contributed by atoms with van der Waals surface area (Å²) in [6.07, 6.45) is -4.40. The number of carbonyl (C=O) groups is 2. The third-order valence-corrected chi connectivity index (χ3v) is 8.48. The van der Waals surface area contributed by atoms with Crippen LogP contribution in [0, 0.1) is 0 Å². The Hall–Kier alpha value is -2.68. The fourth-order valence-electron chi connectivity index (χ4n) is 3.98. The summed E-state index contributed by atoms with van der Waals surface area (Å²) in [5.74, 6) is -2.20. The number of hydrogen-bond acceptors (Lipinski definition) is 7. The highest BCUT2D eigenvalue weighted by Gasteiger charge is 2.50. The molecule has 1 aromatic carbocycles. The molecule has 1 N–H and O–H groups in total. The zero-order valence-corrected chi connectivity index (χ0v) is 20.5. The first-order valence-electron chi connectivity index (χ1n) is 10.3. The second kappa shape index (κ2) is 10.1. The molecule has 2 saturated heterocycles. The summed E-state index contributed by atoms with van der Waals surface area (Å²) in [5.41, 5.74) is 0.499. The van der Waals surface area contributed by atoms with E-state index in [0.717, 1.165) is 5.69 Å². The molecule has 2 aliphatic rings. The van der Waals surface area contributed by atoms with Gasteiger partial charge in [0.05, 0.1) is 29.8 Å². The van der Waals surface area contributed by atoms with Crippen LogP contribution in [0.5, 0.6) is 5.75 Å². The third kappa shape index (κ3) is 5.77. The van der Waals surface area contributed by atoms with Crippen molar-refractivity contribution in [3.05, 3.63) is 41.1 Å². The van der Waals surface area contributed by atoms with E-state index in [1.807, 2.05) is 28.8 Å². The number of carboxylic acid groups (broad SMARTS) is 1. The second-order valence-corrected chi connectivity index (χ2v) is 10.8. The lowest BCUT2D eigenvalue weighted by molar-refractivity contribution is -0.192. The first-order chi connectivity index (χ1) is 16.3. The van der Waals surface area contributed by atoms with Gasteiger partial charge in [0, 0.05) is 31.1 Å². The van der Waals surface area contributed by atoms with Gasteiger partial charge in [-0.2, -0.15) is 28.8 Å². The van der Waals surface area contributed by atoms with Gasteiger partial charge in [0.25, 0.3) is 0 Å². The van der Waals surface area contributed by atoms with Gasteiger partial charge in [-0.05, 0) is 37.0 Å². The SMILES string of the molecule is COc1cccc(S(=O)(=O)N2CCC3(CN(c4ccsc4)C(=O)CN3C)C2)c1.O=C(O)C(F)(F)F. The first-order valence-corrected chi connectivity index (χ1v) is 12.7. The maximum atomic E-state index is 13.2. The molecule has 2 aliphatic heterocycles. The molecule has 2 aromatic rings. The van der Waals surface area contributed by atoms with Crippen LogP contribution in [0.15, 0.2) is 46.0 Å². The Morgan fingerprint density at radius 1 is 1.23 bits per heavy atom. The van der Waals surface area contributed by atoms with Crippen molar-refractivity contribution >= 4 is 38.9 Å². The number of carbonyl (C=O) groups excluding carboxylic acids is 1. The Balaban J connectivity index is 0.000000429. The van der Waals surface area contributed by atoms with Crippen LogP contribution in [0.3, 0.4) is 0 Å². The van der Waals surface area contributed by atoms with E-state index in [9.17, 15) is 26.4 Å². The monoisotopic (exact) mass is 535 g/mol. The summed E-state index contributed by atoms with van der Waals surface area (Å²) in [6, 6.07) is 8.48. The van der Waals surface area contributed by atoms with E-state index in [4.69, 9.17) is 14.6 Å². The average Bonchev–Trinajstić information content (AvgIpc) is 3.48. The molecular weight excluding hydrogens is 511 g/mol. The fraction of sp³-hybridized carbons (Fsp3) is 0.429. The number of sulfonamides is 1. The minimum atomic E-state index is -5.08. The summed E-state index contributed by atoms with van der Waals surface area (Å²) in [7, 11) is -0.205. The van der Waals surface area contributed by atoms with Gasteiger partial charge in [-0.15, -0.1) is 0 Å². The van der Waals surface area contributed by atoms with Crippen LogP contribution in [0.2, 0.25) is 0 Å². The van der Waals surface area contributed by atoms with Gasteiger partial charge in [0.15, 0.2) is 0 Å². The van der Waals surface area contributed by atoms with Gasteiger partial charge in [-0.3, -0.25) is 9.69 Å². The van der Waals surface area contributed by atoms with Crippen molar-refractivity contribution in [1.82, 2.24) is 9.21 Å². The number of nitrogens with zero attached hydrogens (tertiary/aromatic N) is 3. The van der Waals surface area contributed by atoms with Crippen molar-refractivity contribution in [2.24, 2.45) is 0 Å². The number of anilines is 1. The Labute approximate surface area is 204 Å². The van der Waals surface area contributed by atoms with Gasteiger partial charge in [0.2, 0.25) is 15.9 Å². The largest absolute Gasteiger partial charge is 0.497 e. The highest BCUT2D eigenvalue weighted by molar-refractivity contribution is 7.89. The van der Waals surface area contributed by atoms with E-state index >= 15 is 0 Å². The molecule has 1 spiro atoms. The van der Waals surface area contributed by atoms with Gasteiger partial charge in [-0.25, -0.2) is 13.2 Å². The molecule has 192 valence electrons. The average molecular weight is 536 g/mol. The molecule has 9 nitrogen and oxygen atoms in total. The van der Waals surface area contributed by atoms with Crippen LogP contribution in [-0.4, -0.2) is 86.7 Å². The lowest BCUT2D eigenvalue weighted by atomic mass is 9.93. The number of halogens is 3. The van der Waals surface area contributed by atoms with E-state index < -0.39 is 22.2 Å². The van der Waals surface area contributed by atoms with Gasteiger partial charge < -0.3 is 14.7 Å². The molecule has 1 amide bonds. The zero-order chi connectivity index (χ0) is 26.0. The maximum absolute atomic E-state index is 13.2. The van der Waals surface area contributed by atoms with Crippen LogP contribution >= 0.6 is 11.3 Å². The minimum absolute atomic E-state index is 0.0422. The second-order valence-electron chi connectivity index (χ2n) is 8.11. The fourth-order valence-corrected chi connectivity index (χ4v) is 6.18. The van der Waals surface area contributed by atoms with E-state index in [1.54, 1.807) is 40.5 Å². The number of ether oxygens (including phenoxy) is 1. The molecule has 1 atom stereocenters. The van der Waals surface area contributed by atoms with Crippen LogP contribution in [0.25, 0.3) is 0 Å². The number of rotatable bonds is 4. The van der Waals surface area contributed by atoms with Crippen molar-refractivity contribution in [1.29, 1.82) is 0 Å². The smallest absolute Gasteiger partial charge is 0.490 e. The number of aliphatic carboxylic acids is 1. The van der Waals surface area contributed by atoms with Gasteiger partial charge in [0.1, 0.15) is 5.75 Å². The van der Waals surface area contributed by atoms with Crippen molar-refractivity contribution < 1.29 is 41.0 Å². The van der Waals surface area contributed by atoms with Crippen LogP contribution in [-0.2, 0) is 19.6 Å². The molecule has 1 unspecified atom stereocenters. The number of hydrogen-bond donors (Lipinski definition) is 1. The van der Waals surface area contributed by atoms with Crippen LogP contribution < -0.4 is 9.64 Å². The molecule has 1 aromatic heterocycles. The standard InChI is InChI=1S/C19H23N3O4S2.C2HF3O2/c1-20-11-18(23)22(15-6-9-27-12-15)14-19(20)7-8-21(13-19)28(24,25)17-5-3-4-16(10-17)26-2;3-2(4,5)1(6)7/h3-6,9-10,12H,7-8,11,13-14H2,1-2H3;(H,6,7). The molecular formula is C21H24F3N3O6S2. The van der Waals surface area contributed by atoms with Crippen molar-refractivity contribution in [3.63, 3.8) is 0 Å². The number of thiophene rings is 1. The minimum Gasteiger partial charge on any atom is -0.497 e. The van der Waals surface area contributed by atoms with Crippen LogP contribution in [0.1, 0.15) is 6.42 Å². The number of alkyl halides is 3. The number of likely N-dealkylation sites (N-methyl/N-ethyl adjacent to an activating group) is 1. The molecule has 3 heterocycles. The van der Waals surface area contributed by atoms with Crippen molar-refractivity contribution in [2.45, 2.75) is 23.0 Å². The number of methoxy groups -OCH3 is 1. The lowest BCUT2D eigenvalue weighted by Gasteiger charge is -2.46. The predicted octanol–water partition coefficient (Wildman–Crippen LogP) is 2.50. The summed E-state index contributed by atoms with van der Waals surface area (Å²) in [6.45, 7) is 1.55. The molecule has 0 aliphatic carbocycles. The van der Waals surface area contributed by atoms with E-state index in [1.165, 1.54) is 11.4 Å². The molecule has 4 rings (SSSR count). The summed E-state index contributed by atoms with van der Waals surface area (Å²) < 4.78 is 64.8. The highest BCUT2D eigenvalue weighted by Crippen LogP contribution is 2.36. The lowest BCUT2D eigenvalue weighted by Crippen LogP contribution is -2.64. The van der Waals surface area contributed by atoms with E-state index in [0.29, 0.717) is 31.8 Å². The third-order valence-electron chi connectivity index (χ3n) is 5.97.